The van der Waals surface area contributed by atoms with E-state index >= 15 is 0 Å². The van der Waals surface area contributed by atoms with Gasteiger partial charge in [0.2, 0.25) is 0 Å². The summed E-state index contributed by atoms with van der Waals surface area (Å²) in [7, 11) is 0. The summed E-state index contributed by atoms with van der Waals surface area (Å²) in [5.41, 5.74) is 0.410. The molecule has 1 amide bonds. The van der Waals surface area contributed by atoms with E-state index in [0.29, 0.717) is 18.2 Å². The van der Waals surface area contributed by atoms with Crippen LogP contribution in [-0.4, -0.2) is 31.6 Å². The highest BCUT2D eigenvalue weighted by Crippen LogP contribution is 2.28. The molecule has 4 atom stereocenters. The van der Waals surface area contributed by atoms with Crippen molar-refractivity contribution in [1.29, 1.82) is 0 Å². The van der Waals surface area contributed by atoms with E-state index in [4.69, 9.17) is 0 Å². The lowest BCUT2D eigenvalue weighted by atomic mass is 9.74. The summed E-state index contributed by atoms with van der Waals surface area (Å²) in [6.07, 6.45) is 3.83. The Kier molecular flexibility index (Phi) is 4.24. The molecular formula is C17H24FN2O+. The van der Waals surface area contributed by atoms with Crippen LogP contribution in [0.3, 0.4) is 0 Å². The van der Waals surface area contributed by atoms with Gasteiger partial charge < -0.3 is 10.2 Å². The molecule has 3 aliphatic heterocycles. The number of quaternary nitrogens is 1. The molecule has 0 radical (unpaired) electrons. The molecule has 3 heterocycles. The van der Waals surface area contributed by atoms with Crippen LogP contribution in [0.25, 0.3) is 0 Å². The first-order valence-electron chi connectivity index (χ1n) is 8.05. The molecule has 3 aliphatic rings. The molecule has 0 spiro atoms. The van der Waals surface area contributed by atoms with E-state index in [0.717, 1.165) is 11.8 Å². The van der Waals surface area contributed by atoms with Crippen molar-refractivity contribution in [2.45, 2.75) is 32.2 Å². The fourth-order valence-electron chi connectivity index (χ4n) is 4.08. The van der Waals surface area contributed by atoms with E-state index < -0.39 is 0 Å². The number of hydrogen-bond donors (Lipinski definition) is 2. The lowest BCUT2D eigenvalue weighted by molar-refractivity contribution is -0.945. The average molecular weight is 291 g/mol. The standard InChI is InChI=1S/C17H23FN2O/c1-2-12-11-20-7-6-13(12)9-16(20)10-19-17(21)14-4-3-5-15(18)8-14/h3-5,8,12-13,16H,2,6-7,9-11H2,1H3,(H,19,21)/p+1/t12-,13-,16+/m0/s1. The second kappa shape index (κ2) is 6.14. The lowest BCUT2D eigenvalue weighted by Gasteiger charge is -2.46. The highest BCUT2D eigenvalue weighted by Gasteiger charge is 2.42. The van der Waals surface area contributed by atoms with Crippen LogP contribution >= 0.6 is 0 Å². The fraction of sp³-hybridized carbons (Fsp3) is 0.588. The third-order valence-electron chi connectivity index (χ3n) is 5.31. The van der Waals surface area contributed by atoms with E-state index in [1.54, 1.807) is 17.0 Å². The molecule has 4 heteroatoms. The number of hydrogen-bond acceptors (Lipinski definition) is 1. The Morgan fingerprint density at radius 2 is 2.33 bits per heavy atom. The molecule has 1 aromatic carbocycles. The van der Waals surface area contributed by atoms with Crippen LogP contribution in [0.4, 0.5) is 4.39 Å². The number of piperidine rings is 3. The van der Waals surface area contributed by atoms with Crippen LogP contribution in [0.1, 0.15) is 36.5 Å². The van der Waals surface area contributed by atoms with Crippen molar-refractivity contribution < 1.29 is 14.1 Å². The predicted molar refractivity (Wildman–Crippen MR) is 79.7 cm³/mol. The number of nitrogens with one attached hydrogen (secondary N) is 2. The van der Waals surface area contributed by atoms with Gasteiger partial charge in [-0.25, -0.2) is 4.39 Å². The first kappa shape index (κ1) is 14.5. The summed E-state index contributed by atoms with van der Waals surface area (Å²) in [6.45, 7) is 5.48. The second-order valence-corrected chi connectivity index (χ2v) is 6.48. The Labute approximate surface area is 125 Å². The zero-order valence-corrected chi connectivity index (χ0v) is 12.6. The summed E-state index contributed by atoms with van der Waals surface area (Å²) in [6, 6.07) is 6.42. The number of carbonyl (C=O) groups is 1. The van der Waals surface area contributed by atoms with Gasteiger partial charge in [0.05, 0.1) is 19.6 Å². The van der Waals surface area contributed by atoms with Gasteiger partial charge in [0.1, 0.15) is 11.9 Å². The van der Waals surface area contributed by atoms with Gasteiger partial charge in [0.15, 0.2) is 0 Å². The molecule has 0 saturated carbocycles. The normalized spacial score (nSPS) is 31.1. The number of benzene rings is 1. The van der Waals surface area contributed by atoms with E-state index in [-0.39, 0.29) is 11.7 Å². The largest absolute Gasteiger partial charge is 0.346 e. The molecule has 114 valence electrons. The van der Waals surface area contributed by atoms with E-state index in [1.807, 2.05) is 0 Å². The molecule has 3 fully saturated rings. The molecule has 21 heavy (non-hydrogen) atoms. The maximum absolute atomic E-state index is 13.1. The van der Waals surface area contributed by atoms with Crippen molar-refractivity contribution in [1.82, 2.24) is 5.32 Å². The quantitative estimate of drug-likeness (QED) is 0.860. The van der Waals surface area contributed by atoms with E-state index in [9.17, 15) is 9.18 Å². The Hall–Kier alpha value is -1.42. The first-order valence-corrected chi connectivity index (χ1v) is 8.05. The molecule has 0 aromatic heterocycles. The SMILES string of the molecule is CC[C@H]1C[NH+]2CC[C@H]1C[C@@H]2CNC(=O)c1cccc(F)c1. The smallest absolute Gasteiger partial charge is 0.251 e. The molecule has 3 nitrogen and oxygen atoms in total. The van der Waals surface area contributed by atoms with Crippen LogP contribution in [0.5, 0.6) is 0 Å². The van der Waals surface area contributed by atoms with Crippen molar-refractivity contribution in [2.75, 3.05) is 19.6 Å². The third kappa shape index (κ3) is 3.10. The minimum atomic E-state index is -0.362. The van der Waals surface area contributed by atoms with Crippen LogP contribution < -0.4 is 10.2 Å². The third-order valence-corrected chi connectivity index (χ3v) is 5.31. The van der Waals surface area contributed by atoms with Crippen molar-refractivity contribution in [3.8, 4) is 0 Å². The minimum absolute atomic E-state index is 0.163. The van der Waals surface area contributed by atoms with Crippen molar-refractivity contribution in [3.05, 3.63) is 35.6 Å². The molecule has 1 unspecified atom stereocenters. The first-order chi connectivity index (χ1) is 10.2. The van der Waals surface area contributed by atoms with Crippen molar-refractivity contribution in [2.24, 2.45) is 11.8 Å². The van der Waals surface area contributed by atoms with Gasteiger partial charge in [-0.15, -0.1) is 0 Å². The van der Waals surface area contributed by atoms with Crippen molar-refractivity contribution >= 4 is 5.91 Å². The zero-order chi connectivity index (χ0) is 14.8. The van der Waals surface area contributed by atoms with Crippen LogP contribution in [0, 0.1) is 17.7 Å². The highest BCUT2D eigenvalue weighted by molar-refractivity contribution is 5.94. The van der Waals surface area contributed by atoms with Gasteiger partial charge in [-0.1, -0.05) is 13.0 Å². The zero-order valence-electron chi connectivity index (χ0n) is 12.6. The molecule has 0 aliphatic carbocycles. The Morgan fingerprint density at radius 3 is 3.00 bits per heavy atom. The number of halogens is 1. The van der Waals surface area contributed by atoms with E-state index in [2.05, 4.69) is 12.2 Å². The number of carbonyl (C=O) groups excluding carboxylic acids is 1. The fourth-order valence-corrected chi connectivity index (χ4v) is 4.08. The molecular weight excluding hydrogens is 267 g/mol. The highest BCUT2D eigenvalue weighted by atomic mass is 19.1. The number of rotatable bonds is 4. The Morgan fingerprint density at radius 1 is 1.48 bits per heavy atom. The monoisotopic (exact) mass is 291 g/mol. The molecule has 2 N–H and O–H groups in total. The van der Waals surface area contributed by atoms with E-state index in [1.165, 1.54) is 44.5 Å². The number of fused-ring (bicyclic) bond motifs is 3. The Bertz CT molecular complexity index is 519. The van der Waals surface area contributed by atoms with Crippen molar-refractivity contribution in [3.63, 3.8) is 0 Å². The van der Waals surface area contributed by atoms with Gasteiger partial charge in [-0.05, 0) is 30.5 Å². The Balaban J connectivity index is 1.55. The minimum Gasteiger partial charge on any atom is -0.346 e. The van der Waals surface area contributed by atoms with Gasteiger partial charge in [0, 0.05) is 24.3 Å². The van der Waals surface area contributed by atoms with Gasteiger partial charge in [0.25, 0.3) is 5.91 Å². The summed E-state index contributed by atoms with van der Waals surface area (Å²) < 4.78 is 13.1. The molecule has 2 bridgehead atoms. The van der Waals surface area contributed by atoms with Gasteiger partial charge >= 0.3 is 0 Å². The number of amides is 1. The average Bonchev–Trinajstić information content (AvgIpc) is 2.53. The maximum atomic E-state index is 13.1. The van der Waals surface area contributed by atoms with Crippen LogP contribution in [0.15, 0.2) is 24.3 Å². The summed E-state index contributed by atoms with van der Waals surface area (Å²) in [4.78, 5) is 13.7. The summed E-state index contributed by atoms with van der Waals surface area (Å²) in [5, 5.41) is 2.99. The predicted octanol–water partition coefficient (Wildman–Crippen LogP) is 1.26. The van der Waals surface area contributed by atoms with Gasteiger partial charge in [-0.3, -0.25) is 4.79 Å². The molecule has 3 saturated heterocycles. The van der Waals surface area contributed by atoms with Crippen LogP contribution in [-0.2, 0) is 0 Å². The molecule has 1 aromatic rings. The topological polar surface area (TPSA) is 33.5 Å². The summed E-state index contributed by atoms with van der Waals surface area (Å²) >= 11 is 0. The lowest BCUT2D eigenvalue weighted by Crippen LogP contribution is -3.20. The summed E-state index contributed by atoms with van der Waals surface area (Å²) in [5.74, 6) is 1.18. The van der Waals surface area contributed by atoms with Gasteiger partial charge in [-0.2, -0.15) is 0 Å². The molecule has 4 rings (SSSR count). The van der Waals surface area contributed by atoms with Crippen LogP contribution in [0.2, 0.25) is 0 Å². The maximum Gasteiger partial charge on any atom is 0.251 e. The second-order valence-electron chi connectivity index (χ2n) is 6.48.